The smallest absolute Gasteiger partial charge is 0.0321 e. The molecule has 0 aromatic carbocycles. The van der Waals surface area contributed by atoms with E-state index in [1.807, 2.05) is 0 Å². The molecule has 0 aromatic rings. The van der Waals surface area contributed by atoms with Gasteiger partial charge in [-0.25, -0.2) is 0 Å². The Morgan fingerprint density at radius 1 is 1.67 bits per heavy atom. The van der Waals surface area contributed by atoms with Crippen LogP contribution in [0.5, 0.6) is 0 Å². The van der Waals surface area contributed by atoms with Crippen LogP contribution in [0, 0.1) is 18.3 Å². The quantitative estimate of drug-likeness (QED) is 0.454. The standard InChI is InChI=1S/C6H11/c1-3-6-4-5(6)2/h4-6H,3H2,1-2H3. The molecule has 1 aliphatic rings. The number of hydrogen-bond acceptors (Lipinski definition) is 0. The van der Waals surface area contributed by atoms with E-state index in [0.29, 0.717) is 0 Å². The molecule has 0 saturated heterocycles. The van der Waals surface area contributed by atoms with Gasteiger partial charge in [-0.05, 0) is 18.3 Å². The summed E-state index contributed by atoms with van der Waals surface area (Å²) in [5.41, 5.74) is 0. The first kappa shape index (κ1) is 4.17. The highest BCUT2D eigenvalue weighted by Gasteiger charge is 2.30. The molecule has 2 unspecified atom stereocenters. The minimum absolute atomic E-state index is 0.940. The second-order valence-electron chi connectivity index (χ2n) is 2.12. The van der Waals surface area contributed by atoms with Crippen LogP contribution in [0.1, 0.15) is 20.3 Å². The van der Waals surface area contributed by atoms with Crippen LogP contribution in [-0.4, -0.2) is 0 Å². The Kier molecular flexibility index (Phi) is 0.868. The van der Waals surface area contributed by atoms with E-state index in [-0.39, 0.29) is 0 Å². The van der Waals surface area contributed by atoms with E-state index in [9.17, 15) is 0 Å². The zero-order chi connectivity index (χ0) is 4.57. The van der Waals surface area contributed by atoms with Gasteiger partial charge in [0.05, 0.1) is 0 Å². The van der Waals surface area contributed by atoms with Crippen molar-refractivity contribution in [3.63, 3.8) is 0 Å². The maximum absolute atomic E-state index is 2.39. The van der Waals surface area contributed by atoms with E-state index in [1.165, 1.54) is 6.42 Å². The molecule has 1 saturated carbocycles. The van der Waals surface area contributed by atoms with Gasteiger partial charge in [0, 0.05) is 0 Å². The third-order valence-corrected chi connectivity index (χ3v) is 1.56. The third kappa shape index (κ3) is 0.562. The fraction of sp³-hybridized carbons (Fsp3) is 0.833. The zero-order valence-corrected chi connectivity index (χ0v) is 4.44. The summed E-state index contributed by atoms with van der Waals surface area (Å²) in [6.45, 7) is 4.51. The SMILES string of the molecule is CCC1[CH]C1C. The topological polar surface area (TPSA) is 0 Å². The summed E-state index contributed by atoms with van der Waals surface area (Å²) in [7, 11) is 0. The lowest BCUT2D eigenvalue weighted by Gasteiger charge is -1.78. The molecule has 0 aliphatic heterocycles. The van der Waals surface area contributed by atoms with Gasteiger partial charge < -0.3 is 0 Å². The van der Waals surface area contributed by atoms with Crippen molar-refractivity contribution in [2.75, 3.05) is 0 Å². The Bertz CT molecular complexity index is 46.0. The summed E-state index contributed by atoms with van der Waals surface area (Å²) in [6.07, 6.45) is 3.74. The molecule has 2 atom stereocenters. The van der Waals surface area contributed by atoms with Gasteiger partial charge in [0.15, 0.2) is 0 Å². The molecule has 0 amide bonds. The van der Waals surface area contributed by atoms with Crippen LogP contribution in [0.15, 0.2) is 0 Å². The maximum atomic E-state index is 2.39. The summed E-state index contributed by atoms with van der Waals surface area (Å²) in [6, 6.07) is 0. The summed E-state index contributed by atoms with van der Waals surface area (Å²) in [5.74, 6) is 1.92. The summed E-state index contributed by atoms with van der Waals surface area (Å²) in [4.78, 5) is 0. The van der Waals surface area contributed by atoms with Crippen molar-refractivity contribution >= 4 is 0 Å². The molecule has 0 heterocycles. The first-order valence-electron chi connectivity index (χ1n) is 2.69. The van der Waals surface area contributed by atoms with Gasteiger partial charge in [-0.1, -0.05) is 20.3 Å². The van der Waals surface area contributed by atoms with Crippen molar-refractivity contribution in [2.24, 2.45) is 11.8 Å². The molecule has 1 aliphatic carbocycles. The van der Waals surface area contributed by atoms with Crippen LogP contribution in [0.4, 0.5) is 0 Å². The van der Waals surface area contributed by atoms with E-state index < -0.39 is 0 Å². The molecule has 0 heteroatoms. The van der Waals surface area contributed by atoms with Crippen molar-refractivity contribution in [2.45, 2.75) is 20.3 Å². The van der Waals surface area contributed by atoms with E-state index in [1.54, 1.807) is 0 Å². The predicted molar refractivity (Wildman–Crippen MR) is 27.2 cm³/mol. The summed E-state index contributed by atoms with van der Waals surface area (Å²) < 4.78 is 0. The Morgan fingerprint density at radius 2 is 2.17 bits per heavy atom. The zero-order valence-electron chi connectivity index (χ0n) is 4.44. The summed E-state index contributed by atoms with van der Waals surface area (Å²) >= 11 is 0. The Labute approximate surface area is 39.6 Å². The van der Waals surface area contributed by atoms with Crippen molar-refractivity contribution in [1.29, 1.82) is 0 Å². The molecular formula is C6H11. The van der Waals surface area contributed by atoms with Crippen LogP contribution < -0.4 is 0 Å². The van der Waals surface area contributed by atoms with E-state index in [4.69, 9.17) is 0 Å². The predicted octanol–water partition coefficient (Wildman–Crippen LogP) is 1.87. The van der Waals surface area contributed by atoms with Crippen molar-refractivity contribution < 1.29 is 0 Å². The lowest BCUT2D eigenvalue weighted by atomic mass is 10.3. The van der Waals surface area contributed by atoms with Gasteiger partial charge in [0.25, 0.3) is 0 Å². The first-order valence-corrected chi connectivity index (χ1v) is 2.69. The van der Waals surface area contributed by atoms with Gasteiger partial charge in [-0.15, -0.1) is 0 Å². The second-order valence-corrected chi connectivity index (χ2v) is 2.12. The lowest BCUT2D eigenvalue weighted by molar-refractivity contribution is 0.727. The minimum atomic E-state index is 0.940. The monoisotopic (exact) mass is 83.1 g/mol. The third-order valence-electron chi connectivity index (χ3n) is 1.56. The van der Waals surface area contributed by atoms with Crippen LogP contribution in [-0.2, 0) is 0 Å². The molecule has 35 valence electrons. The second kappa shape index (κ2) is 1.25. The van der Waals surface area contributed by atoms with Gasteiger partial charge >= 0.3 is 0 Å². The van der Waals surface area contributed by atoms with Crippen molar-refractivity contribution in [3.05, 3.63) is 6.42 Å². The van der Waals surface area contributed by atoms with Crippen LogP contribution in [0.25, 0.3) is 0 Å². The van der Waals surface area contributed by atoms with Gasteiger partial charge in [-0.2, -0.15) is 0 Å². The molecule has 1 fully saturated rings. The molecule has 6 heavy (non-hydrogen) atoms. The fourth-order valence-electron chi connectivity index (χ4n) is 0.834. The van der Waals surface area contributed by atoms with E-state index in [2.05, 4.69) is 20.3 Å². The molecular weight excluding hydrogens is 72.1 g/mol. The Morgan fingerprint density at radius 3 is 2.17 bits per heavy atom. The molecule has 0 spiro atoms. The van der Waals surface area contributed by atoms with Gasteiger partial charge in [-0.3, -0.25) is 0 Å². The van der Waals surface area contributed by atoms with Crippen LogP contribution >= 0.6 is 0 Å². The molecule has 0 bridgehead atoms. The lowest BCUT2D eigenvalue weighted by Crippen LogP contribution is -1.68. The molecule has 0 aromatic heterocycles. The Balaban J connectivity index is 2.09. The van der Waals surface area contributed by atoms with Gasteiger partial charge in [0.2, 0.25) is 0 Å². The van der Waals surface area contributed by atoms with Gasteiger partial charge in [0.1, 0.15) is 0 Å². The minimum Gasteiger partial charge on any atom is -0.0651 e. The van der Waals surface area contributed by atoms with E-state index in [0.717, 1.165) is 11.8 Å². The average Bonchev–Trinajstić information content (AvgIpc) is 2.19. The summed E-state index contributed by atoms with van der Waals surface area (Å²) in [5, 5.41) is 0. The highest BCUT2D eigenvalue weighted by atomic mass is 14.3. The number of rotatable bonds is 1. The van der Waals surface area contributed by atoms with Crippen LogP contribution in [0.3, 0.4) is 0 Å². The Hall–Kier alpha value is 0. The highest BCUT2D eigenvalue weighted by molar-refractivity contribution is 5.01. The van der Waals surface area contributed by atoms with E-state index >= 15 is 0 Å². The normalized spacial score (nSPS) is 43.0. The van der Waals surface area contributed by atoms with Crippen LogP contribution in [0.2, 0.25) is 0 Å². The highest BCUT2D eigenvalue weighted by Crippen LogP contribution is 2.38. The molecule has 1 radical (unpaired) electrons. The maximum Gasteiger partial charge on any atom is -0.0321 e. The van der Waals surface area contributed by atoms with Crippen molar-refractivity contribution in [1.82, 2.24) is 0 Å². The largest absolute Gasteiger partial charge is 0.0651 e. The van der Waals surface area contributed by atoms with Crippen molar-refractivity contribution in [3.8, 4) is 0 Å². The molecule has 1 rings (SSSR count). The average molecular weight is 83.2 g/mol. The number of hydrogen-bond donors (Lipinski definition) is 0. The first-order chi connectivity index (χ1) is 2.84. The fourth-order valence-corrected chi connectivity index (χ4v) is 0.834. The molecule has 0 nitrogen and oxygen atoms in total. The molecule has 0 N–H and O–H groups in total.